The average molecular weight is 313 g/mol. The van der Waals surface area contributed by atoms with Gasteiger partial charge in [0.25, 0.3) is 5.91 Å². The maximum atomic E-state index is 12.4. The number of benzene rings is 2. The highest BCUT2D eigenvalue weighted by molar-refractivity contribution is 5.94. The van der Waals surface area contributed by atoms with E-state index >= 15 is 0 Å². The maximum Gasteiger partial charge on any atom is 0.253 e. The Bertz CT molecular complexity index is 620. The van der Waals surface area contributed by atoms with Crippen molar-refractivity contribution in [2.24, 2.45) is 0 Å². The highest BCUT2D eigenvalue weighted by atomic mass is 16.5. The van der Waals surface area contributed by atoms with Crippen LogP contribution in [-0.2, 0) is 6.54 Å². The van der Waals surface area contributed by atoms with Crippen LogP contribution in [0.15, 0.2) is 48.5 Å². The first-order valence-corrected chi connectivity index (χ1v) is 7.84. The SMILES string of the molecule is CCOc1ccc(CN(C)C(=O)c2ccc(OCC)cc2)cc1. The number of carbonyl (C=O) groups is 1. The topological polar surface area (TPSA) is 38.8 Å². The Kier molecular flexibility index (Phi) is 6.03. The first-order chi connectivity index (χ1) is 11.1. The van der Waals surface area contributed by atoms with Gasteiger partial charge in [-0.15, -0.1) is 0 Å². The fourth-order valence-corrected chi connectivity index (χ4v) is 2.28. The normalized spacial score (nSPS) is 10.2. The standard InChI is InChI=1S/C19H23NO3/c1-4-22-17-10-6-15(7-11-17)14-20(3)19(21)16-8-12-18(13-9-16)23-5-2/h6-13H,4-5,14H2,1-3H3. The Morgan fingerprint density at radius 3 is 1.83 bits per heavy atom. The van der Waals surface area contributed by atoms with Crippen LogP contribution in [0.4, 0.5) is 0 Å². The summed E-state index contributed by atoms with van der Waals surface area (Å²) in [6.45, 7) is 5.71. The minimum absolute atomic E-state index is 0.0121. The number of hydrogen-bond acceptors (Lipinski definition) is 3. The fraction of sp³-hybridized carbons (Fsp3) is 0.316. The summed E-state index contributed by atoms with van der Waals surface area (Å²) in [6, 6.07) is 15.0. The molecule has 2 aromatic rings. The van der Waals surface area contributed by atoms with Crippen LogP contribution in [0.2, 0.25) is 0 Å². The molecule has 0 bridgehead atoms. The molecular formula is C19H23NO3. The van der Waals surface area contributed by atoms with E-state index < -0.39 is 0 Å². The average Bonchev–Trinajstić information content (AvgIpc) is 2.57. The molecule has 0 saturated heterocycles. The molecule has 4 nitrogen and oxygen atoms in total. The molecule has 0 aromatic heterocycles. The summed E-state index contributed by atoms with van der Waals surface area (Å²) in [5.74, 6) is 1.61. The summed E-state index contributed by atoms with van der Waals surface area (Å²) in [7, 11) is 1.80. The maximum absolute atomic E-state index is 12.4. The largest absolute Gasteiger partial charge is 0.494 e. The molecule has 0 atom stereocenters. The third-order valence-corrected chi connectivity index (χ3v) is 3.41. The van der Waals surface area contributed by atoms with Crippen LogP contribution in [0.25, 0.3) is 0 Å². The molecule has 0 unspecified atom stereocenters. The van der Waals surface area contributed by atoms with Crippen LogP contribution in [0, 0.1) is 0 Å². The smallest absolute Gasteiger partial charge is 0.253 e. The van der Waals surface area contributed by atoms with Crippen molar-refractivity contribution in [3.05, 3.63) is 59.7 Å². The molecule has 0 N–H and O–H groups in total. The lowest BCUT2D eigenvalue weighted by Gasteiger charge is -2.18. The van der Waals surface area contributed by atoms with E-state index in [1.807, 2.05) is 50.2 Å². The number of ether oxygens (including phenoxy) is 2. The number of rotatable bonds is 7. The summed E-state index contributed by atoms with van der Waals surface area (Å²) >= 11 is 0. The molecule has 1 amide bonds. The van der Waals surface area contributed by atoms with E-state index in [1.165, 1.54) is 0 Å². The Labute approximate surface area is 137 Å². The molecule has 23 heavy (non-hydrogen) atoms. The van der Waals surface area contributed by atoms with Gasteiger partial charge >= 0.3 is 0 Å². The monoisotopic (exact) mass is 313 g/mol. The molecule has 0 fully saturated rings. The van der Waals surface area contributed by atoms with Gasteiger partial charge in [-0.3, -0.25) is 4.79 Å². The quantitative estimate of drug-likeness (QED) is 0.781. The molecule has 0 aliphatic heterocycles. The minimum atomic E-state index is -0.0121. The van der Waals surface area contributed by atoms with Crippen LogP contribution < -0.4 is 9.47 Å². The third kappa shape index (κ3) is 4.74. The van der Waals surface area contributed by atoms with Gasteiger partial charge in [-0.2, -0.15) is 0 Å². The van der Waals surface area contributed by atoms with Crippen molar-refractivity contribution in [2.75, 3.05) is 20.3 Å². The van der Waals surface area contributed by atoms with Crippen LogP contribution in [0.5, 0.6) is 11.5 Å². The Balaban J connectivity index is 1.98. The first-order valence-electron chi connectivity index (χ1n) is 7.84. The highest BCUT2D eigenvalue weighted by Gasteiger charge is 2.12. The molecular weight excluding hydrogens is 290 g/mol. The van der Waals surface area contributed by atoms with Gasteiger partial charge in [0, 0.05) is 19.2 Å². The van der Waals surface area contributed by atoms with Crippen LogP contribution >= 0.6 is 0 Å². The van der Waals surface area contributed by atoms with Gasteiger partial charge < -0.3 is 14.4 Å². The van der Waals surface area contributed by atoms with E-state index in [-0.39, 0.29) is 5.91 Å². The van der Waals surface area contributed by atoms with Gasteiger partial charge in [-0.25, -0.2) is 0 Å². The zero-order valence-electron chi connectivity index (χ0n) is 13.9. The molecule has 2 aromatic carbocycles. The summed E-state index contributed by atoms with van der Waals surface area (Å²) in [6.07, 6.45) is 0. The van der Waals surface area contributed by atoms with Gasteiger partial charge in [0.05, 0.1) is 13.2 Å². The zero-order chi connectivity index (χ0) is 16.7. The van der Waals surface area contributed by atoms with Gasteiger partial charge in [-0.1, -0.05) is 12.1 Å². The van der Waals surface area contributed by atoms with Gasteiger partial charge in [0.1, 0.15) is 11.5 Å². The predicted molar refractivity (Wildman–Crippen MR) is 91.0 cm³/mol. The molecule has 0 aliphatic carbocycles. The molecule has 122 valence electrons. The first kappa shape index (κ1) is 16.9. The lowest BCUT2D eigenvalue weighted by atomic mass is 10.1. The molecule has 0 saturated carbocycles. The highest BCUT2D eigenvalue weighted by Crippen LogP contribution is 2.16. The fourth-order valence-electron chi connectivity index (χ4n) is 2.28. The summed E-state index contributed by atoms with van der Waals surface area (Å²) in [4.78, 5) is 14.1. The Morgan fingerprint density at radius 2 is 1.35 bits per heavy atom. The second kappa shape index (κ2) is 8.22. The Hall–Kier alpha value is -2.49. The van der Waals surface area contributed by atoms with Crippen LogP contribution in [0.3, 0.4) is 0 Å². The molecule has 0 radical (unpaired) electrons. The summed E-state index contributed by atoms with van der Waals surface area (Å²) < 4.78 is 10.8. The van der Waals surface area contributed by atoms with Crippen molar-refractivity contribution in [3.63, 3.8) is 0 Å². The van der Waals surface area contributed by atoms with E-state index in [1.54, 1.807) is 24.1 Å². The lowest BCUT2D eigenvalue weighted by molar-refractivity contribution is 0.0785. The van der Waals surface area contributed by atoms with Crippen molar-refractivity contribution in [2.45, 2.75) is 20.4 Å². The van der Waals surface area contributed by atoms with Crippen molar-refractivity contribution in [1.82, 2.24) is 4.90 Å². The van der Waals surface area contributed by atoms with Crippen LogP contribution in [-0.4, -0.2) is 31.1 Å². The summed E-state index contributed by atoms with van der Waals surface area (Å²) in [5.41, 5.74) is 1.72. The second-order valence-corrected chi connectivity index (χ2v) is 5.20. The molecule has 2 rings (SSSR count). The predicted octanol–water partition coefficient (Wildman–Crippen LogP) is 3.76. The van der Waals surface area contributed by atoms with E-state index in [4.69, 9.17) is 9.47 Å². The number of nitrogens with zero attached hydrogens (tertiary/aromatic N) is 1. The number of hydrogen-bond donors (Lipinski definition) is 0. The summed E-state index contributed by atoms with van der Waals surface area (Å²) in [5, 5.41) is 0. The van der Waals surface area contributed by atoms with Crippen molar-refractivity contribution >= 4 is 5.91 Å². The van der Waals surface area contributed by atoms with E-state index in [9.17, 15) is 4.79 Å². The third-order valence-electron chi connectivity index (χ3n) is 3.41. The minimum Gasteiger partial charge on any atom is -0.494 e. The van der Waals surface area contributed by atoms with E-state index in [0.29, 0.717) is 25.3 Å². The van der Waals surface area contributed by atoms with Gasteiger partial charge in [0.2, 0.25) is 0 Å². The van der Waals surface area contributed by atoms with Crippen LogP contribution in [0.1, 0.15) is 29.8 Å². The van der Waals surface area contributed by atoms with Crippen molar-refractivity contribution in [1.29, 1.82) is 0 Å². The second-order valence-electron chi connectivity index (χ2n) is 5.20. The zero-order valence-corrected chi connectivity index (χ0v) is 13.9. The van der Waals surface area contributed by atoms with E-state index in [0.717, 1.165) is 17.1 Å². The molecule has 4 heteroatoms. The van der Waals surface area contributed by atoms with E-state index in [2.05, 4.69) is 0 Å². The van der Waals surface area contributed by atoms with Gasteiger partial charge in [-0.05, 0) is 55.8 Å². The lowest BCUT2D eigenvalue weighted by Crippen LogP contribution is -2.26. The van der Waals surface area contributed by atoms with Crippen molar-refractivity contribution < 1.29 is 14.3 Å². The molecule has 0 heterocycles. The number of amides is 1. The Morgan fingerprint density at radius 1 is 0.870 bits per heavy atom. The molecule has 0 aliphatic rings. The van der Waals surface area contributed by atoms with Crippen molar-refractivity contribution in [3.8, 4) is 11.5 Å². The number of carbonyl (C=O) groups excluding carboxylic acids is 1. The van der Waals surface area contributed by atoms with Gasteiger partial charge in [0.15, 0.2) is 0 Å². The molecule has 0 spiro atoms.